The first-order valence-electron chi connectivity index (χ1n) is 7.11. The maximum Gasteiger partial charge on any atom is 0.118 e. The molecule has 0 N–H and O–H groups in total. The molecule has 0 atom stereocenters. The molecule has 0 aliphatic rings. The Kier molecular flexibility index (Phi) is 3.78. The molecule has 106 valence electrons. The summed E-state index contributed by atoms with van der Waals surface area (Å²) in [4.78, 5) is 0. The molecule has 0 aliphatic heterocycles. The van der Waals surface area contributed by atoms with Crippen molar-refractivity contribution in [1.29, 1.82) is 0 Å². The van der Waals surface area contributed by atoms with Gasteiger partial charge in [-0.3, -0.25) is 0 Å². The lowest BCUT2D eigenvalue weighted by Crippen LogP contribution is -1.86. The lowest BCUT2D eigenvalue weighted by atomic mass is 10.1. The second kappa shape index (κ2) is 5.88. The zero-order chi connectivity index (χ0) is 14.7. The quantitative estimate of drug-likeness (QED) is 0.687. The number of aromatic nitrogens is 1. The van der Waals surface area contributed by atoms with Crippen molar-refractivity contribution in [3.8, 4) is 5.75 Å². The van der Waals surface area contributed by atoms with E-state index < -0.39 is 0 Å². The SMILES string of the molecule is COc1ccc(/C=C/Cc2cccc3c2ccn3C)cc1. The average molecular weight is 277 g/mol. The summed E-state index contributed by atoms with van der Waals surface area (Å²) in [5.74, 6) is 0.890. The van der Waals surface area contributed by atoms with E-state index in [1.807, 2.05) is 12.1 Å². The third kappa shape index (κ3) is 2.84. The Hall–Kier alpha value is -2.48. The minimum atomic E-state index is 0.890. The van der Waals surface area contributed by atoms with Crippen LogP contribution in [-0.2, 0) is 13.5 Å². The Morgan fingerprint density at radius 2 is 1.86 bits per heavy atom. The monoisotopic (exact) mass is 277 g/mol. The van der Waals surface area contributed by atoms with Gasteiger partial charge in [0.25, 0.3) is 0 Å². The molecule has 0 amide bonds. The van der Waals surface area contributed by atoms with E-state index in [0.717, 1.165) is 12.2 Å². The summed E-state index contributed by atoms with van der Waals surface area (Å²) in [5, 5.41) is 1.33. The van der Waals surface area contributed by atoms with Crippen molar-refractivity contribution in [1.82, 2.24) is 4.57 Å². The number of ether oxygens (including phenoxy) is 1. The third-order valence-electron chi connectivity index (χ3n) is 3.78. The highest BCUT2D eigenvalue weighted by atomic mass is 16.5. The highest BCUT2D eigenvalue weighted by Crippen LogP contribution is 2.20. The molecule has 1 aromatic heterocycles. The number of rotatable bonds is 4. The zero-order valence-electron chi connectivity index (χ0n) is 12.4. The van der Waals surface area contributed by atoms with Crippen LogP contribution in [0, 0.1) is 0 Å². The molecular weight excluding hydrogens is 258 g/mol. The molecule has 3 rings (SSSR count). The standard InChI is InChI=1S/C19H19NO/c1-20-14-13-18-16(7-4-8-19(18)20)6-3-5-15-9-11-17(21-2)12-10-15/h3-5,7-14H,6H2,1-2H3/b5-3+. The van der Waals surface area contributed by atoms with Crippen molar-refractivity contribution in [2.75, 3.05) is 7.11 Å². The van der Waals surface area contributed by atoms with Crippen molar-refractivity contribution in [2.45, 2.75) is 6.42 Å². The van der Waals surface area contributed by atoms with Crippen molar-refractivity contribution in [2.24, 2.45) is 7.05 Å². The van der Waals surface area contributed by atoms with Gasteiger partial charge in [0.1, 0.15) is 5.75 Å². The predicted octanol–water partition coefficient (Wildman–Crippen LogP) is 4.44. The van der Waals surface area contributed by atoms with Gasteiger partial charge in [0.15, 0.2) is 0 Å². The molecule has 0 saturated carbocycles. The average Bonchev–Trinajstić information content (AvgIpc) is 2.91. The predicted molar refractivity (Wildman–Crippen MR) is 88.7 cm³/mol. The van der Waals surface area contributed by atoms with Crippen LogP contribution in [0.25, 0.3) is 17.0 Å². The van der Waals surface area contributed by atoms with E-state index in [9.17, 15) is 0 Å². The van der Waals surface area contributed by atoms with Crippen LogP contribution in [0.2, 0.25) is 0 Å². The second-order valence-electron chi connectivity index (χ2n) is 5.16. The number of nitrogens with zero attached hydrogens (tertiary/aromatic N) is 1. The number of benzene rings is 2. The molecule has 2 aromatic carbocycles. The molecule has 0 bridgehead atoms. The topological polar surface area (TPSA) is 14.2 Å². The summed E-state index contributed by atoms with van der Waals surface area (Å²) < 4.78 is 7.33. The zero-order valence-corrected chi connectivity index (χ0v) is 12.4. The minimum absolute atomic E-state index is 0.890. The first kappa shape index (κ1) is 13.5. The normalized spacial score (nSPS) is 11.3. The molecule has 0 radical (unpaired) electrons. The van der Waals surface area contributed by atoms with Crippen molar-refractivity contribution >= 4 is 17.0 Å². The van der Waals surface area contributed by atoms with Crippen LogP contribution in [0.1, 0.15) is 11.1 Å². The molecule has 1 heterocycles. The van der Waals surface area contributed by atoms with Gasteiger partial charge in [-0.15, -0.1) is 0 Å². The summed E-state index contributed by atoms with van der Waals surface area (Å²) in [6.07, 6.45) is 7.42. The molecule has 0 fully saturated rings. The number of allylic oxidation sites excluding steroid dienone is 1. The Bertz CT molecular complexity index is 766. The molecule has 0 unspecified atom stereocenters. The van der Waals surface area contributed by atoms with Crippen molar-refractivity contribution in [3.63, 3.8) is 0 Å². The summed E-state index contributed by atoms with van der Waals surface area (Å²) in [5.41, 5.74) is 3.83. The van der Waals surface area contributed by atoms with Gasteiger partial charge < -0.3 is 9.30 Å². The van der Waals surface area contributed by atoms with E-state index in [1.165, 1.54) is 22.0 Å². The number of hydrogen-bond donors (Lipinski definition) is 0. The van der Waals surface area contributed by atoms with Crippen LogP contribution in [0.3, 0.4) is 0 Å². The van der Waals surface area contributed by atoms with Crippen LogP contribution in [-0.4, -0.2) is 11.7 Å². The molecule has 2 heteroatoms. The molecule has 2 nitrogen and oxygen atoms in total. The smallest absolute Gasteiger partial charge is 0.118 e. The highest BCUT2D eigenvalue weighted by molar-refractivity contribution is 5.83. The fourth-order valence-electron chi connectivity index (χ4n) is 2.58. The largest absolute Gasteiger partial charge is 0.497 e. The van der Waals surface area contributed by atoms with E-state index in [1.54, 1.807) is 7.11 Å². The molecule has 3 aromatic rings. The lowest BCUT2D eigenvalue weighted by molar-refractivity contribution is 0.415. The minimum Gasteiger partial charge on any atom is -0.497 e. The summed E-state index contributed by atoms with van der Waals surface area (Å²) in [6, 6.07) is 16.8. The van der Waals surface area contributed by atoms with Crippen molar-refractivity contribution < 1.29 is 4.74 Å². The number of methoxy groups -OCH3 is 1. The van der Waals surface area contributed by atoms with Crippen molar-refractivity contribution in [3.05, 3.63) is 71.9 Å². The summed E-state index contributed by atoms with van der Waals surface area (Å²) >= 11 is 0. The maximum absolute atomic E-state index is 5.17. The number of hydrogen-bond acceptors (Lipinski definition) is 1. The molecular formula is C19H19NO. The Morgan fingerprint density at radius 3 is 2.62 bits per heavy atom. The fourth-order valence-corrected chi connectivity index (χ4v) is 2.58. The Labute approximate surface area is 125 Å². The van der Waals surface area contributed by atoms with Gasteiger partial charge in [0, 0.05) is 24.1 Å². The van der Waals surface area contributed by atoms with Crippen LogP contribution in [0.5, 0.6) is 5.75 Å². The highest BCUT2D eigenvalue weighted by Gasteiger charge is 2.01. The summed E-state index contributed by atoms with van der Waals surface area (Å²) in [7, 11) is 3.77. The van der Waals surface area contributed by atoms with Crippen LogP contribution < -0.4 is 4.74 Å². The van der Waals surface area contributed by atoms with Gasteiger partial charge in [-0.05, 0) is 41.8 Å². The number of aryl methyl sites for hydroxylation is 1. The first-order chi connectivity index (χ1) is 10.3. The Morgan fingerprint density at radius 1 is 1.05 bits per heavy atom. The van der Waals surface area contributed by atoms with Crippen LogP contribution >= 0.6 is 0 Å². The second-order valence-corrected chi connectivity index (χ2v) is 5.16. The number of fused-ring (bicyclic) bond motifs is 1. The van der Waals surface area contributed by atoms with E-state index in [-0.39, 0.29) is 0 Å². The molecule has 21 heavy (non-hydrogen) atoms. The molecule has 0 spiro atoms. The lowest BCUT2D eigenvalue weighted by Gasteiger charge is -2.02. The van der Waals surface area contributed by atoms with Gasteiger partial charge in [-0.2, -0.15) is 0 Å². The van der Waals surface area contributed by atoms with Gasteiger partial charge in [-0.25, -0.2) is 0 Å². The van der Waals surface area contributed by atoms with Gasteiger partial charge in [0.2, 0.25) is 0 Å². The first-order valence-corrected chi connectivity index (χ1v) is 7.11. The van der Waals surface area contributed by atoms with Gasteiger partial charge in [0.05, 0.1) is 7.11 Å². The Balaban J connectivity index is 1.77. The van der Waals surface area contributed by atoms with Crippen LogP contribution in [0.15, 0.2) is 60.8 Å². The maximum atomic E-state index is 5.17. The fraction of sp³-hybridized carbons (Fsp3) is 0.158. The van der Waals surface area contributed by atoms with Crippen LogP contribution in [0.4, 0.5) is 0 Å². The molecule has 0 saturated heterocycles. The van der Waals surface area contributed by atoms with E-state index in [0.29, 0.717) is 0 Å². The van der Waals surface area contributed by atoms with Gasteiger partial charge in [-0.1, -0.05) is 36.4 Å². The van der Waals surface area contributed by atoms with E-state index in [2.05, 4.69) is 66.4 Å². The van der Waals surface area contributed by atoms with E-state index in [4.69, 9.17) is 4.74 Å². The van der Waals surface area contributed by atoms with E-state index >= 15 is 0 Å². The third-order valence-corrected chi connectivity index (χ3v) is 3.78. The van der Waals surface area contributed by atoms with Gasteiger partial charge >= 0.3 is 0 Å². The summed E-state index contributed by atoms with van der Waals surface area (Å²) in [6.45, 7) is 0. The molecule has 0 aliphatic carbocycles.